The van der Waals surface area contributed by atoms with Crippen LogP contribution < -0.4 is 19.7 Å². The molecule has 2 aromatic carbocycles. The third-order valence-electron chi connectivity index (χ3n) is 4.40. The number of hydrogen-bond donors (Lipinski definition) is 1. The van der Waals surface area contributed by atoms with Crippen LogP contribution in [0.2, 0.25) is 0 Å². The van der Waals surface area contributed by atoms with E-state index in [0.717, 1.165) is 16.9 Å². The molecule has 1 amide bonds. The quantitative estimate of drug-likeness (QED) is 0.727. The summed E-state index contributed by atoms with van der Waals surface area (Å²) in [7, 11) is 0. The van der Waals surface area contributed by atoms with Gasteiger partial charge >= 0.3 is 0 Å². The fourth-order valence-electron chi connectivity index (χ4n) is 3.01. The topological polar surface area (TPSA) is 76.6 Å². The van der Waals surface area contributed by atoms with Gasteiger partial charge in [-0.3, -0.25) is 4.79 Å². The molecule has 1 aromatic heterocycles. The van der Waals surface area contributed by atoms with Crippen molar-refractivity contribution < 1.29 is 14.3 Å². The number of anilines is 3. The summed E-state index contributed by atoms with van der Waals surface area (Å²) >= 11 is 0. The molecule has 0 bridgehead atoms. The van der Waals surface area contributed by atoms with Gasteiger partial charge in [-0.15, -0.1) is 10.2 Å². The van der Waals surface area contributed by atoms with Gasteiger partial charge in [0.15, 0.2) is 23.0 Å². The van der Waals surface area contributed by atoms with E-state index in [-0.39, 0.29) is 12.7 Å². The van der Waals surface area contributed by atoms with Crippen LogP contribution in [-0.2, 0) is 0 Å². The average Bonchev–Trinajstić information content (AvgIpc) is 3.17. The Hall–Kier alpha value is -3.61. The van der Waals surface area contributed by atoms with Gasteiger partial charge in [0.2, 0.25) is 6.79 Å². The summed E-state index contributed by atoms with van der Waals surface area (Å²) < 4.78 is 10.7. The Labute approximate surface area is 162 Å². The van der Waals surface area contributed by atoms with Crippen molar-refractivity contribution in [1.29, 1.82) is 0 Å². The summed E-state index contributed by atoms with van der Waals surface area (Å²) in [4.78, 5) is 14.5. The molecule has 142 valence electrons. The lowest BCUT2D eigenvalue weighted by molar-refractivity contribution is 0.0982. The Morgan fingerprint density at radius 1 is 1.07 bits per heavy atom. The minimum atomic E-state index is -0.185. The summed E-state index contributed by atoms with van der Waals surface area (Å²) in [6.45, 7) is 4.70. The van der Waals surface area contributed by atoms with E-state index in [4.69, 9.17) is 9.47 Å². The second kappa shape index (κ2) is 7.56. The number of ether oxygens (including phenoxy) is 2. The van der Waals surface area contributed by atoms with Gasteiger partial charge in [0, 0.05) is 24.0 Å². The number of carbonyl (C=O) groups is 1. The lowest BCUT2D eigenvalue weighted by Gasteiger charge is -2.20. The number of nitrogens with one attached hydrogen (secondary N) is 1. The monoisotopic (exact) mass is 376 g/mol. The van der Waals surface area contributed by atoms with Crippen molar-refractivity contribution in [3.63, 3.8) is 0 Å². The summed E-state index contributed by atoms with van der Waals surface area (Å²) in [5.41, 5.74) is 3.03. The zero-order chi connectivity index (χ0) is 19.5. The van der Waals surface area contributed by atoms with Crippen LogP contribution in [0.5, 0.6) is 11.5 Å². The van der Waals surface area contributed by atoms with Crippen LogP contribution in [0, 0.1) is 6.92 Å². The highest BCUT2D eigenvalue weighted by molar-refractivity contribution is 6.04. The maximum atomic E-state index is 12.9. The first-order chi connectivity index (χ1) is 13.6. The highest BCUT2D eigenvalue weighted by atomic mass is 16.7. The zero-order valence-corrected chi connectivity index (χ0v) is 15.7. The number of nitrogens with zero attached hydrogens (tertiary/aromatic N) is 3. The van der Waals surface area contributed by atoms with Crippen molar-refractivity contribution in [3.05, 3.63) is 65.9 Å². The normalized spacial score (nSPS) is 11.9. The number of carbonyl (C=O) groups excluding carboxylic acids is 1. The fourth-order valence-corrected chi connectivity index (χ4v) is 3.01. The van der Waals surface area contributed by atoms with Gasteiger partial charge in [0.05, 0.1) is 0 Å². The van der Waals surface area contributed by atoms with E-state index in [1.807, 2.05) is 56.3 Å². The second-order valence-electron chi connectivity index (χ2n) is 6.39. The van der Waals surface area contributed by atoms with Gasteiger partial charge in [-0.1, -0.05) is 12.1 Å². The summed E-state index contributed by atoms with van der Waals surface area (Å²) in [5, 5.41) is 11.4. The van der Waals surface area contributed by atoms with E-state index in [1.165, 1.54) is 0 Å². The molecule has 0 radical (unpaired) electrons. The van der Waals surface area contributed by atoms with Crippen molar-refractivity contribution in [1.82, 2.24) is 10.2 Å². The Bertz CT molecular complexity index is 1000. The van der Waals surface area contributed by atoms with Gasteiger partial charge < -0.3 is 19.7 Å². The molecule has 0 aliphatic carbocycles. The molecule has 7 nitrogen and oxygen atoms in total. The van der Waals surface area contributed by atoms with Crippen LogP contribution in [0.1, 0.15) is 23.0 Å². The summed E-state index contributed by atoms with van der Waals surface area (Å²) in [6.07, 6.45) is 0. The number of aryl methyl sites for hydroxylation is 1. The number of fused-ring (bicyclic) bond motifs is 1. The molecule has 0 spiro atoms. The smallest absolute Gasteiger partial charge is 0.278 e. The Morgan fingerprint density at radius 2 is 1.93 bits per heavy atom. The van der Waals surface area contributed by atoms with Crippen molar-refractivity contribution >= 4 is 23.1 Å². The zero-order valence-electron chi connectivity index (χ0n) is 15.7. The second-order valence-corrected chi connectivity index (χ2v) is 6.39. The van der Waals surface area contributed by atoms with Gasteiger partial charge in [-0.25, -0.2) is 0 Å². The predicted octanol–water partition coefficient (Wildman–Crippen LogP) is 3.92. The number of hydrogen-bond acceptors (Lipinski definition) is 6. The molecule has 28 heavy (non-hydrogen) atoms. The highest BCUT2D eigenvalue weighted by Crippen LogP contribution is 2.34. The molecule has 1 aliphatic rings. The minimum absolute atomic E-state index is 0.185. The molecule has 0 saturated heterocycles. The number of rotatable bonds is 5. The molecule has 3 aromatic rings. The van der Waals surface area contributed by atoms with Crippen molar-refractivity contribution in [3.8, 4) is 11.5 Å². The standard InChI is InChI=1S/C21H20N4O3/c1-3-25(16-6-4-5-14(2)11-16)21(26)17-8-10-20(24-23-17)22-15-7-9-18-19(12-15)28-13-27-18/h4-12H,3,13H2,1-2H3,(H,22,24). The number of benzene rings is 2. The first-order valence-corrected chi connectivity index (χ1v) is 9.03. The van der Waals surface area contributed by atoms with E-state index in [0.29, 0.717) is 29.6 Å². The van der Waals surface area contributed by atoms with Crippen LogP contribution in [0.25, 0.3) is 0 Å². The maximum Gasteiger partial charge on any atom is 0.278 e. The molecular weight excluding hydrogens is 356 g/mol. The molecule has 7 heteroatoms. The third kappa shape index (κ3) is 3.59. The van der Waals surface area contributed by atoms with Gasteiger partial charge in [0.25, 0.3) is 5.91 Å². The van der Waals surface area contributed by atoms with Crippen LogP contribution in [-0.4, -0.2) is 29.4 Å². The third-order valence-corrected chi connectivity index (χ3v) is 4.40. The highest BCUT2D eigenvalue weighted by Gasteiger charge is 2.18. The molecule has 0 fully saturated rings. The van der Waals surface area contributed by atoms with Crippen LogP contribution in [0.3, 0.4) is 0 Å². The van der Waals surface area contributed by atoms with Gasteiger partial charge in [0.1, 0.15) is 0 Å². The van der Waals surface area contributed by atoms with E-state index < -0.39 is 0 Å². The minimum Gasteiger partial charge on any atom is -0.454 e. The number of aromatic nitrogens is 2. The summed E-state index contributed by atoms with van der Waals surface area (Å²) in [6, 6.07) is 16.8. The van der Waals surface area contributed by atoms with Gasteiger partial charge in [-0.2, -0.15) is 0 Å². The molecule has 0 saturated carbocycles. The first kappa shape index (κ1) is 17.8. The van der Waals surface area contributed by atoms with E-state index in [1.54, 1.807) is 17.0 Å². The van der Waals surface area contributed by atoms with E-state index in [2.05, 4.69) is 15.5 Å². The van der Waals surface area contributed by atoms with Crippen LogP contribution in [0.4, 0.5) is 17.2 Å². The Morgan fingerprint density at radius 3 is 2.68 bits per heavy atom. The molecule has 0 unspecified atom stereocenters. The Kier molecular flexibility index (Phi) is 4.80. The lowest BCUT2D eigenvalue weighted by Crippen LogP contribution is -2.31. The Balaban J connectivity index is 1.50. The molecule has 1 aliphatic heterocycles. The molecule has 4 rings (SSSR count). The largest absolute Gasteiger partial charge is 0.454 e. The molecular formula is C21H20N4O3. The fraction of sp³-hybridized carbons (Fsp3) is 0.190. The van der Waals surface area contributed by atoms with E-state index in [9.17, 15) is 4.79 Å². The number of amides is 1. The van der Waals surface area contributed by atoms with Crippen LogP contribution >= 0.6 is 0 Å². The molecule has 2 heterocycles. The predicted molar refractivity (Wildman–Crippen MR) is 106 cm³/mol. The van der Waals surface area contributed by atoms with Crippen molar-refractivity contribution in [2.45, 2.75) is 13.8 Å². The molecule has 0 atom stereocenters. The summed E-state index contributed by atoms with van der Waals surface area (Å²) in [5.74, 6) is 1.75. The van der Waals surface area contributed by atoms with Crippen LogP contribution in [0.15, 0.2) is 54.6 Å². The first-order valence-electron chi connectivity index (χ1n) is 9.03. The maximum absolute atomic E-state index is 12.9. The average molecular weight is 376 g/mol. The lowest BCUT2D eigenvalue weighted by atomic mass is 10.2. The van der Waals surface area contributed by atoms with Gasteiger partial charge in [-0.05, 0) is 55.8 Å². The van der Waals surface area contributed by atoms with E-state index >= 15 is 0 Å². The van der Waals surface area contributed by atoms with Crippen molar-refractivity contribution in [2.24, 2.45) is 0 Å². The SMILES string of the molecule is CCN(C(=O)c1ccc(Nc2ccc3c(c2)OCO3)nn1)c1cccc(C)c1. The van der Waals surface area contributed by atoms with Crippen molar-refractivity contribution in [2.75, 3.05) is 23.6 Å². The molecule has 1 N–H and O–H groups in total.